The lowest BCUT2D eigenvalue weighted by molar-refractivity contribution is -0.151. The van der Waals surface area contributed by atoms with Crippen molar-refractivity contribution in [2.45, 2.75) is 69.7 Å². The monoisotopic (exact) mass is 253 g/mol. The summed E-state index contributed by atoms with van der Waals surface area (Å²) >= 11 is 0. The summed E-state index contributed by atoms with van der Waals surface area (Å²) in [4.78, 5) is 23.0. The Morgan fingerprint density at radius 2 is 1.78 bits per heavy atom. The summed E-state index contributed by atoms with van der Waals surface area (Å²) in [6, 6.07) is 0. The van der Waals surface area contributed by atoms with Gasteiger partial charge in [0.25, 0.3) is 0 Å². The summed E-state index contributed by atoms with van der Waals surface area (Å²) in [7, 11) is 0. The highest BCUT2D eigenvalue weighted by Gasteiger charge is 2.45. The van der Waals surface area contributed by atoms with Crippen LogP contribution >= 0.6 is 0 Å². The van der Waals surface area contributed by atoms with Crippen LogP contribution in [0, 0.1) is 5.92 Å². The lowest BCUT2D eigenvalue weighted by Crippen LogP contribution is -2.59. The van der Waals surface area contributed by atoms with E-state index in [1.807, 2.05) is 0 Å². The highest BCUT2D eigenvalue weighted by atomic mass is 16.4. The average molecular weight is 253 g/mol. The molecular weight excluding hydrogens is 230 g/mol. The third-order valence-electron chi connectivity index (χ3n) is 4.50. The van der Waals surface area contributed by atoms with Crippen molar-refractivity contribution in [2.75, 3.05) is 0 Å². The number of nitrogens with one attached hydrogen (secondary N) is 1. The first kappa shape index (κ1) is 13.4. The molecule has 2 aliphatic rings. The first-order valence-corrected chi connectivity index (χ1v) is 7.17. The Labute approximate surface area is 108 Å². The van der Waals surface area contributed by atoms with Crippen molar-refractivity contribution in [3.05, 3.63) is 0 Å². The van der Waals surface area contributed by atoms with Gasteiger partial charge in [0.15, 0.2) is 0 Å². The van der Waals surface area contributed by atoms with Crippen molar-refractivity contribution < 1.29 is 14.7 Å². The number of rotatable bonds is 5. The van der Waals surface area contributed by atoms with Crippen LogP contribution in [0.1, 0.15) is 64.2 Å². The summed E-state index contributed by atoms with van der Waals surface area (Å²) in [6.45, 7) is 0. The molecule has 0 atom stereocenters. The number of carbonyl (C=O) groups excluding carboxylic acids is 1. The number of aliphatic carboxylic acids is 1. The Bertz CT molecular complexity index is 317. The zero-order valence-corrected chi connectivity index (χ0v) is 10.9. The highest BCUT2D eigenvalue weighted by Crippen LogP contribution is 2.32. The molecular formula is C14H23NO3. The maximum absolute atomic E-state index is 11.8. The second-order valence-electron chi connectivity index (χ2n) is 5.83. The number of carbonyl (C=O) groups is 2. The van der Waals surface area contributed by atoms with Crippen LogP contribution in [0.2, 0.25) is 0 Å². The van der Waals surface area contributed by atoms with Crippen molar-refractivity contribution in [1.82, 2.24) is 5.32 Å². The molecule has 2 aliphatic carbocycles. The van der Waals surface area contributed by atoms with E-state index in [4.69, 9.17) is 5.11 Å². The van der Waals surface area contributed by atoms with E-state index in [1.54, 1.807) is 0 Å². The standard InChI is InChI=1S/C14H23NO3/c16-12(8-7-11-5-2-1-3-6-11)15-14(13(17)18)9-4-10-14/h11H,1-10H2,(H,15,16)(H,17,18). The van der Waals surface area contributed by atoms with Gasteiger partial charge in [-0.2, -0.15) is 0 Å². The minimum atomic E-state index is -0.941. The van der Waals surface area contributed by atoms with Gasteiger partial charge in [-0.25, -0.2) is 4.79 Å². The van der Waals surface area contributed by atoms with Crippen LogP contribution in [-0.4, -0.2) is 22.5 Å². The molecule has 2 saturated carbocycles. The van der Waals surface area contributed by atoms with E-state index in [1.165, 1.54) is 32.1 Å². The van der Waals surface area contributed by atoms with Crippen molar-refractivity contribution in [2.24, 2.45) is 5.92 Å². The largest absolute Gasteiger partial charge is 0.480 e. The van der Waals surface area contributed by atoms with Gasteiger partial charge in [-0.15, -0.1) is 0 Å². The van der Waals surface area contributed by atoms with Crippen molar-refractivity contribution >= 4 is 11.9 Å². The minimum absolute atomic E-state index is 0.0809. The number of hydrogen-bond acceptors (Lipinski definition) is 2. The fraction of sp³-hybridized carbons (Fsp3) is 0.857. The summed E-state index contributed by atoms with van der Waals surface area (Å²) in [6.07, 6.45) is 9.82. The van der Waals surface area contributed by atoms with Gasteiger partial charge in [-0.05, 0) is 31.6 Å². The quantitative estimate of drug-likeness (QED) is 0.791. The fourth-order valence-electron chi connectivity index (χ4n) is 3.06. The molecule has 2 rings (SSSR count). The summed E-state index contributed by atoms with van der Waals surface area (Å²) in [5.74, 6) is -0.283. The van der Waals surface area contributed by atoms with Crippen molar-refractivity contribution in [3.63, 3.8) is 0 Å². The highest BCUT2D eigenvalue weighted by molar-refractivity contribution is 5.87. The Morgan fingerprint density at radius 3 is 2.28 bits per heavy atom. The van der Waals surface area contributed by atoms with Gasteiger partial charge < -0.3 is 10.4 Å². The van der Waals surface area contributed by atoms with Crippen molar-refractivity contribution in [1.29, 1.82) is 0 Å². The van der Waals surface area contributed by atoms with Gasteiger partial charge in [0, 0.05) is 6.42 Å². The van der Waals surface area contributed by atoms with E-state index in [-0.39, 0.29) is 5.91 Å². The normalized spacial score (nSPS) is 23.1. The van der Waals surface area contributed by atoms with E-state index in [9.17, 15) is 9.59 Å². The van der Waals surface area contributed by atoms with Gasteiger partial charge in [0.1, 0.15) is 5.54 Å². The van der Waals surface area contributed by atoms with Crippen LogP contribution in [-0.2, 0) is 9.59 Å². The smallest absolute Gasteiger partial charge is 0.329 e. The molecule has 0 aromatic rings. The second-order valence-corrected chi connectivity index (χ2v) is 5.83. The third-order valence-corrected chi connectivity index (χ3v) is 4.50. The molecule has 0 aromatic heterocycles. The zero-order valence-electron chi connectivity index (χ0n) is 10.9. The first-order valence-electron chi connectivity index (χ1n) is 7.17. The Hall–Kier alpha value is -1.06. The number of carboxylic acids is 1. The minimum Gasteiger partial charge on any atom is -0.480 e. The molecule has 0 aromatic carbocycles. The predicted molar refractivity (Wildman–Crippen MR) is 68.2 cm³/mol. The summed E-state index contributed by atoms with van der Waals surface area (Å²) < 4.78 is 0. The molecule has 0 radical (unpaired) electrons. The van der Waals surface area contributed by atoms with E-state index in [0.717, 1.165) is 12.8 Å². The molecule has 0 bridgehead atoms. The van der Waals surface area contributed by atoms with Crippen LogP contribution in [0.3, 0.4) is 0 Å². The lowest BCUT2D eigenvalue weighted by atomic mass is 9.76. The van der Waals surface area contributed by atoms with Gasteiger partial charge in [-0.3, -0.25) is 4.79 Å². The van der Waals surface area contributed by atoms with Crippen LogP contribution in [0.15, 0.2) is 0 Å². The van der Waals surface area contributed by atoms with E-state index in [0.29, 0.717) is 25.2 Å². The summed E-state index contributed by atoms with van der Waals surface area (Å²) in [5, 5.41) is 11.9. The Balaban J connectivity index is 1.73. The molecule has 102 valence electrons. The maximum atomic E-state index is 11.8. The molecule has 18 heavy (non-hydrogen) atoms. The molecule has 0 spiro atoms. The third kappa shape index (κ3) is 3.03. The van der Waals surface area contributed by atoms with E-state index in [2.05, 4.69) is 5.32 Å². The van der Waals surface area contributed by atoms with Crippen LogP contribution in [0.25, 0.3) is 0 Å². The Morgan fingerprint density at radius 1 is 1.11 bits per heavy atom. The Kier molecular flexibility index (Phi) is 4.25. The SMILES string of the molecule is O=C(CCC1CCCCC1)NC1(C(=O)O)CCC1. The van der Waals surface area contributed by atoms with Gasteiger partial charge >= 0.3 is 5.97 Å². The first-order chi connectivity index (χ1) is 8.62. The average Bonchev–Trinajstić information content (AvgIpc) is 2.32. The molecule has 1 amide bonds. The zero-order chi connectivity index (χ0) is 13.0. The van der Waals surface area contributed by atoms with Gasteiger partial charge in [0.2, 0.25) is 5.91 Å². The van der Waals surface area contributed by atoms with Crippen LogP contribution < -0.4 is 5.32 Å². The number of amides is 1. The molecule has 0 aliphatic heterocycles. The second kappa shape index (κ2) is 5.72. The lowest BCUT2D eigenvalue weighted by Gasteiger charge is -2.38. The molecule has 0 heterocycles. The van der Waals surface area contributed by atoms with Crippen LogP contribution in [0.5, 0.6) is 0 Å². The number of hydrogen-bond donors (Lipinski definition) is 2. The molecule has 0 saturated heterocycles. The molecule has 4 nitrogen and oxygen atoms in total. The molecule has 0 unspecified atom stereocenters. The van der Waals surface area contributed by atoms with Gasteiger partial charge in [-0.1, -0.05) is 32.1 Å². The topological polar surface area (TPSA) is 66.4 Å². The fourth-order valence-corrected chi connectivity index (χ4v) is 3.06. The predicted octanol–water partition coefficient (Wildman–Crippen LogP) is 2.47. The molecule has 4 heteroatoms. The maximum Gasteiger partial charge on any atom is 0.329 e. The van der Waals surface area contributed by atoms with Crippen LogP contribution in [0.4, 0.5) is 0 Å². The molecule has 2 fully saturated rings. The van der Waals surface area contributed by atoms with E-state index >= 15 is 0 Å². The van der Waals surface area contributed by atoms with Crippen molar-refractivity contribution in [3.8, 4) is 0 Å². The number of carboxylic acid groups (broad SMARTS) is 1. The van der Waals surface area contributed by atoms with E-state index < -0.39 is 11.5 Å². The van der Waals surface area contributed by atoms with Gasteiger partial charge in [0.05, 0.1) is 0 Å². The molecule has 2 N–H and O–H groups in total. The summed E-state index contributed by atoms with van der Waals surface area (Å²) in [5.41, 5.74) is -0.941.